The fourth-order valence-electron chi connectivity index (χ4n) is 1.77. The molecule has 1 aromatic carbocycles. The second-order valence-electron chi connectivity index (χ2n) is 4.03. The Morgan fingerprint density at radius 1 is 1.33 bits per heavy atom. The van der Waals surface area contributed by atoms with Gasteiger partial charge >= 0.3 is 6.03 Å². The van der Waals surface area contributed by atoms with Crippen LogP contribution in [0.3, 0.4) is 0 Å². The molecule has 8 heteroatoms. The molecule has 3 N–H and O–H groups in total. The second-order valence-corrected chi connectivity index (χ2v) is 4.03. The summed E-state index contributed by atoms with van der Waals surface area (Å²) in [5.74, 6) is 4.67. The normalized spacial score (nSPS) is 23.1. The van der Waals surface area contributed by atoms with Crippen molar-refractivity contribution in [3.8, 4) is 0 Å². The van der Waals surface area contributed by atoms with E-state index in [4.69, 9.17) is 5.84 Å². The smallest absolute Gasteiger partial charge is 0.318 e. The summed E-state index contributed by atoms with van der Waals surface area (Å²) in [5.41, 5.74) is -0.954. The number of imide groups is 1. The molecule has 0 radical (unpaired) electrons. The molecule has 0 saturated carbocycles. The third-order valence-electron chi connectivity index (χ3n) is 2.88. The predicted molar refractivity (Wildman–Crippen MR) is 60.0 cm³/mol. The number of hydrogen-bond acceptors (Lipinski definition) is 5. The zero-order chi connectivity index (χ0) is 13.5. The van der Waals surface area contributed by atoms with Crippen LogP contribution in [0, 0.1) is 10.1 Å². The lowest BCUT2D eigenvalue weighted by atomic mass is 9.92. The third-order valence-corrected chi connectivity index (χ3v) is 2.88. The number of hydrogen-bond donors (Lipinski definition) is 2. The van der Waals surface area contributed by atoms with E-state index < -0.39 is 22.4 Å². The van der Waals surface area contributed by atoms with Gasteiger partial charge in [0.05, 0.1) is 4.92 Å². The molecule has 94 valence electrons. The molecule has 2 rings (SSSR count). The maximum atomic E-state index is 11.8. The zero-order valence-electron chi connectivity index (χ0n) is 9.41. The molecular formula is C10H10N4O4. The fourth-order valence-corrected chi connectivity index (χ4v) is 1.77. The zero-order valence-corrected chi connectivity index (χ0v) is 9.41. The van der Waals surface area contributed by atoms with Crippen LogP contribution in [0.4, 0.5) is 10.5 Å². The highest BCUT2D eigenvalue weighted by molar-refractivity contribution is 6.06. The van der Waals surface area contributed by atoms with Crippen LogP contribution in [0.15, 0.2) is 24.3 Å². The van der Waals surface area contributed by atoms with Crippen LogP contribution in [0.25, 0.3) is 0 Å². The quantitative estimate of drug-likeness (QED) is 0.256. The van der Waals surface area contributed by atoms with E-state index in [1.807, 2.05) is 0 Å². The molecule has 1 aromatic rings. The number of non-ortho nitro benzene ring substituents is 1. The van der Waals surface area contributed by atoms with Crippen molar-refractivity contribution in [1.29, 1.82) is 0 Å². The standard InChI is InChI=1S/C10H10N4O4/c1-10(8(15)13(11)9(16)12-10)6-2-4-7(5-3-6)14(17)18/h2-5H,11H2,1H3,(H,12,16). The van der Waals surface area contributed by atoms with E-state index >= 15 is 0 Å². The van der Waals surface area contributed by atoms with Crippen LogP contribution in [-0.4, -0.2) is 21.9 Å². The van der Waals surface area contributed by atoms with Crippen molar-refractivity contribution in [2.24, 2.45) is 5.84 Å². The van der Waals surface area contributed by atoms with Crippen LogP contribution in [0.1, 0.15) is 12.5 Å². The average Bonchev–Trinajstić information content (AvgIpc) is 2.54. The summed E-state index contributed by atoms with van der Waals surface area (Å²) in [7, 11) is 0. The van der Waals surface area contributed by atoms with Crippen LogP contribution < -0.4 is 11.2 Å². The maximum absolute atomic E-state index is 11.8. The lowest BCUT2D eigenvalue weighted by Crippen LogP contribution is -2.42. The SMILES string of the molecule is CC1(c2ccc([N+](=O)[O-])cc2)NC(=O)N(N)C1=O. The molecule has 0 aromatic heterocycles. The third kappa shape index (κ3) is 1.59. The van der Waals surface area contributed by atoms with Crippen molar-refractivity contribution in [2.45, 2.75) is 12.5 Å². The first-order valence-corrected chi connectivity index (χ1v) is 5.02. The summed E-state index contributed by atoms with van der Waals surface area (Å²) in [5, 5.41) is 13.4. The largest absolute Gasteiger partial charge is 0.339 e. The molecule has 1 atom stereocenters. The molecule has 1 fully saturated rings. The molecule has 8 nitrogen and oxygen atoms in total. The number of amides is 3. The number of benzene rings is 1. The molecule has 0 aliphatic carbocycles. The Balaban J connectivity index is 2.40. The maximum Gasteiger partial charge on any atom is 0.339 e. The van der Waals surface area contributed by atoms with Crippen LogP contribution in [0.5, 0.6) is 0 Å². The van der Waals surface area contributed by atoms with E-state index in [-0.39, 0.29) is 5.69 Å². The van der Waals surface area contributed by atoms with Crippen molar-refractivity contribution in [2.75, 3.05) is 0 Å². The number of rotatable bonds is 2. The summed E-state index contributed by atoms with van der Waals surface area (Å²) in [6.45, 7) is 1.49. The van der Waals surface area contributed by atoms with Crippen molar-refractivity contribution in [1.82, 2.24) is 10.3 Å². The number of carbonyl (C=O) groups is 2. The van der Waals surface area contributed by atoms with Gasteiger partial charge in [-0.3, -0.25) is 14.9 Å². The summed E-state index contributed by atoms with van der Waals surface area (Å²) in [4.78, 5) is 33.1. The summed E-state index contributed by atoms with van der Waals surface area (Å²) in [6, 6.07) is 4.64. The molecule has 1 aliphatic heterocycles. The second kappa shape index (κ2) is 3.77. The first kappa shape index (κ1) is 12.0. The van der Waals surface area contributed by atoms with Gasteiger partial charge in [-0.2, -0.15) is 5.01 Å². The lowest BCUT2D eigenvalue weighted by molar-refractivity contribution is -0.384. The Bertz CT molecular complexity index is 541. The highest BCUT2D eigenvalue weighted by atomic mass is 16.6. The number of nitro benzene ring substituents is 1. The molecule has 0 spiro atoms. The molecule has 1 heterocycles. The highest BCUT2D eigenvalue weighted by Crippen LogP contribution is 2.28. The van der Waals surface area contributed by atoms with Gasteiger partial charge in [0, 0.05) is 12.1 Å². The number of urea groups is 1. The summed E-state index contributed by atoms with van der Waals surface area (Å²) >= 11 is 0. The first-order chi connectivity index (χ1) is 8.36. The van der Waals surface area contributed by atoms with Gasteiger partial charge in [0.25, 0.3) is 11.6 Å². The Morgan fingerprint density at radius 2 is 1.89 bits per heavy atom. The van der Waals surface area contributed by atoms with Gasteiger partial charge in [-0.15, -0.1) is 0 Å². The van der Waals surface area contributed by atoms with Crippen molar-refractivity contribution in [3.63, 3.8) is 0 Å². The van der Waals surface area contributed by atoms with Gasteiger partial charge in [0.2, 0.25) is 0 Å². The average molecular weight is 250 g/mol. The number of nitrogens with two attached hydrogens (primary N) is 1. The lowest BCUT2D eigenvalue weighted by Gasteiger charge is -2.20. The number of nitro groups is 1. The highest BCUT2D eigenvalue weighted by Gasteiger charge is 2.48. The minimum absolute atomic E-state index is 0.0938. The molecule has 18 heavy (non-hydrogen) atoms. The van der Waals surface area contributed by atoms with Gasteiger partial charge in [-0.1, -0.05) is 0 Å². The Hall–Kier alpha value is -2.48. The number of hydrazine groups is 1. The van der Waals surface area contributed by atoms with Crippen molar-refractivity contribution in [3.05, 3.63) is 39.9 Å². The van der Waals surface area contributed by atoms with E-state index in [1.165, 1.54) is 31.2 Å². The van der Waals surface area contributed by atoms with E-state index in [9.17, 15) is 19.7 Å². The van der Waals surface area contributed by atoms with Crippen LogP contribution in [-0.2, 0) is 10.3 Å². The van der Waals surface area contributed by atoms with E-state index in [0.29, 0.717) is 10.6 Å². The van der Waals surface area contributed by atoms with Gasteiger partial charge in [0.15, 0.2) is 0 Å². The molecule has 1 saturated heterocycles. The number of carbonyl (C=O) groups excluding carboxylic acids is 2. The number of nitrogens with zero attached hydrogens (tertiary/aromatic N) is 2. The Morgan fingerprint density at radius 3 is 2.28 bits per heavy atom. The minimum atomic E-state index is -1.29. The van der Waals surface area contributed by atoms with Gasteiger partial charge in [-0.05, 0) is 24.6 Å². The van der Waals surface area contributed by atoms with Crippen LogP contribution in [0.2, 0.25) is 0 Å². The minimum Gasteiger partial charge on any atom is -0.318 e. The van der Waals surface area contributed by atoms with Gasteiger partial charge in [-0.25, -0.2) is 10.6 Å². The van der Waals surface area contributed by atoms with Crippen molar-refractivity contribution >= 4 is 17.6 Å². The molecular weight excluding hydrogens is 240 g/mol. The van der Waals surface area contributed by atoms with Gasteiger partial charge in [0.1, 0.15) is 5.54 Å². The van der Waals surface area contributed by atoms with Crippen molar-refractivity contribution < 1.29 is 14.5 Å². The number of nitrogens with one attached hydrogen (secondary N) is 1. The Labute approximate surface area is 101 Å². The van der Waals surface area contributed by atoms with E-state index in [2.05, 4.69) is 5.32 Å². The monoisotopic (exact) mass is 250 g/mol. The Kier molecular flexibility index (Phi) is 2.51. The fraction of sp³-hybridized carbons (Fsp3) is 0.200. The summed E-state index contributed by atoms with van der Waals surface area (Å²) in [6.07, 6.45) is 0. The topological polar surface area (TPSA) is 119 Å². The first-order valence-electron chi connectivity index (χ1n) is 5.02. The van der Waals surface area contributed by atoms with Crippen LogP contribution >= 0.6 is 0 Å². The molecule has 1 unspecified atom stereocenters. The summed E-state index contributed by atoms with van der Waals surface area (Å²) < 4.78 is 0. The van der Waals surface area contributed by atoms with E-state index in [1.54, 1.807) is 0 Å². The molecule has 3 amide bonds. The molecule has 1 aliphatic rings. The van der Waals surface area contributed by atoms with E-state index in [0.717, 1.165) is 0 Å². The predicted octanol–water partition coefficient (Wildman–Crippen LogP) is 0.235. The molecule has 0 bridgehead atoms. The van der Waals surface area contributed by atoms with Gasteiger partial charge < -0.3 is 5.32 Å².